The Bertz CT molecular complexity index is 830. The van der Waals surface area contributed by atoms with Crippen LogP contribution in [0.25, 0.3) is 0 Å². The molecule has 0 unspecified atom stereocenters. The van der Waals surface area contributed by atoms with Crippen molar-refractivity contribution in [1.82, 2.24) is 15.1 Å². The highest BCUT2D eigenvalue weighted by atomic mass is 35.5. The second kappa shape index (κ2) is 8.86. The fourth-order valence-electron chi connectivity index (χ4n) is 3.05. The summed E-state index contributed by atoms with van der Waals surface area (Å²) in [5.74, 6) is -0.868. The summed E-state index contributed by atoms with van der Waals surface area (Å²) in [6.45, 7) is 2.13. The van der Waals surface area contributed by atoms with Gasteiger partial charge in [0.2, 0.25) is 0 Å². The van der Waals surface area contributed by atoms with Gasteiger partial charge in [-0.2, -0.15) is 0 Å². The molecular weight excluding hydrogens is 369 g/mol. The number of halogens is 2. The summed E-state index contributed by atoms with van der Waals surface area (Å²) in [6, 6.07) is 13.1. The number of carbonyl (C=O) groups excluding carboxylic acids is 2. The van der Waals surface area contributed by atoms with Crippen LogP contribution < -0.4 is 5.32 Å². The van der Waals surface area contributed by atoms with Crippen molar-refractivity contribution in [3.63, 3.8) is 0 Å². The van der Waals surface area contributed by atoms with Crippen molar-refractivity contribution in [2.45, 2.75) is 13.0 Å². The second-order valence-corrected chi connectivity index (χ2v) is 6.77. The molecule has 3 amide bonds. The maximum absolute atomic E-state index is 13.9. The SMILES string of the molecule is O=C(NCc1ccccc1Cl)N1CCCN(C(=O)c2ccccc2F)CC1. The Labute approximate surface area is 162 Å². The Hall–Kier alpha value is -2.60. The summed E-state index contributed by atoms with van der Waals surface area (Å²) >= 11 is 6.10. The third-order valence-corrected chi connectivity index (χ3v) is 4.93. The normalized spacial score (nSPS) is 14.6. The smallest absolute Gasteiger partial charge is 0.317 e. The minimum Gasteiger partial charge on any atom is -0.337 e. The average Bonchev–Trinajstić information content (AvgIpc) is 2.93. The molecule has 27 heavy (non-hydrogen) atoms. The van der Waals surface area contributed by atoms with E-state index in [9.17, 15) is 14.0 Å². The van der Waals surface area contributed by atoms with Crippen LogP contribution in [0.15, 0.2) is 48.5 Å². The van der Waals surface area contributed by atoms with Crippen LogP contribution in [0.3, 0.4) is 0 Å². The van der Waals surface area contributed by atoms with E-state index in [1.807, 2.05) is 18.2 Å². The highest BCUT2D eigenvalue weighted by Gasteiger charge is 2.24. The quantitative estimate of drug-likeness (QED) is 0.873. The van der Waals surface area contributed by atoms with E-state index in [0.717, 1.165) is 5.56 Å². The molecule has 1 fully saturated rings. The van der Waals surface area contributed by atoms with Crippen LogP contribution in [0.1, 0.15) is 22.3 Å². The second-order valence-electron chi connectivity index (χ2n) is 6.36. The lowest BCUT2D eigenvalue weighted by Gasteiger charge is -2.22. The zero-order valence-electron chi connectivity index (χ0n) is 14.8. The number of carbonyl (C=O) groups is 2. The fraction of sp³-hybridized carbons (Fsp3) is 0.300. The maximum atomic E-state index is 13.9. The van der Waals surface area contributed by atoms with Gasteiger partial charge in [0.05, 0.1) is 5.56 Å². The molecule has 2 aromatic rings. The monoisotopic (exact) mass is 389 g/mol. The molecule has 0 saturated carbocycles. The maximum Gasteiger partial charge on any atom is 0.317 e. The molecule has 0 spiro atoms. The number of hydrogen-bond acceptors (Lipinski definition) is 2. The Balaban J connectivity index is 1.56. The predicted molar refractivity (Wildman–Crippen MR) is 102 cm³/mol. The zero-order valence-corrected chi connectivity index (χ0v) is 15.6. The van der Waals surface area contributed by atoms with Gasteiger partial charge in [-0.25, -0.2) is 9.18 Å². The number of urea groups is 1. The summed E-state index contributed by atoms with van der Waals surface area (Å²) in [5, 5.41) is 3.47. The van der Waals surface area contributed by atoms with Crippen LogP contribution >= 0.6 is 11.6 Å². The largest absolute Gasteiger partial charge is 0.337 e. The molecule has 3 rings (SSSR count). The van der Waals surface area contributed by atoms with E-state index in [0.29, 0.717) is 44.2 Å². The third kappa shape index (κ3) is 4.77. The lowest BCUT2D eigenvalue weighted by molar-refractivity contribution is 0.0757. The van der Waals surface area contributed by atoms with Crippen molar-refractivity contribution in [2.75, 3.05) is 26.2 Å². The molecule has 1 heterocycles. The third-order valence-electron chi connectivity index (χ3n) is 4.56. The molecule has 1 N–H and O–H groups in total. The number of nitrogens with zero attached hydrogens (tertiary/aromatic N) is 2. The molecule has 0 aromatic heterocycles. The Kier molecular flexibility index (Phi) is 6.29. The van der Waals surface area contributed by atoms with E-state index in [1.165, 1.54) is 12.1 Å². The predicted octanol–water partition coefficient (Wildman–Crippen LogP) is 3.54. The molecule has 2 aromatic carbocycles. The van der Waals surface area contributed by atoms with E-state index in [4.69, 9.17) is 11.6 Å². The standard InChI is InChI=1S/C20H21ClFN3O2/c21-17-8-3-1-6-15(17)14-23-20(27)25-11-5-10-24(12-13-25)19(26)16-7-2-4-9-18(16)22/h1-4,6-9H,5,10-14H2,(H,23,27). The van der Waals surface area contributed by atoms with Gasteiger partial charge >= 0.3 is 6.03 Å². The van der Waals surface area contributed by atoms with Gasteiger partial charge in [-0.15, -0.1) is 0 Å². The molecule has 1 aliphatic heterocycles. The molecule has 0 atom stereocenters. The highest BCUT2D eigenvalue weighted by Crippen LogP contribution is 2.15. The van der Waals surface area contributed by atoms with Crippen molar-refractivity contribution in [3.05, 3.63) is 70.5 Å². The van der Waals surface area contributed by atoms with Crippen molar-refractivity contribution < 1.29 is 14.0 Å². The molecule has 0 radical (unpaired) electrons. The van der Waals surface area contributed by atoms with Gasteiger partial charge in [-0.05, 0) is 30.2 Å². The number of benzene rings is 2. The summed E-state index contributed by atoms with van der Waals surface area (Å²) in [7, 11) is 0. The number of amides is 3. The number of nitrogens with one attached hydrogen (secondary N) is 1. The summed E-state index contributed by atoms with van der Waals surface area (Å²) in [6.07, 6.45) is 0.639. The van der Waals surface area contributed by atoms with Crippen molar-refractivity contribution in [3.8, 4) is 0 Å². The van der Waals surface area contributed by atoms with Crippen molar-refractivity contribution >= 4 is 23.5 Å². The summed E-state index contributed by atoms with van der Waals surface area (Å²) in [5.41, 5.74) is 0.910. The van der Waals surface area contributed by atoms with E-state index < -0.39 is 5.82 Å². The minimum absolute atomic E-state index is 0.0640. The van der Waals surface area contributed by atoms with Gasteiger partial charge < -0.3 is 15.1 Å². The fourth-order valence-corrected chi connectivity index (χ4v) is 3.26. The van der Waals surface area contributed by atoms with Crippen LogP contribution in [0, 0.1) is 5.82 Å². The van der Waals surface area contributed by atoms with E-state index in [1.54, 1.807) is 28.0 Å². The van der Waals surface area contributed by atoms with E-state index in [-0.39, 0.29) is 17.5 Å². The number of rotatable bonds is 3. The highest BCUT2D eigenvalue weighted by molar-refractivity contribution is 6.31. The molecule has 0 bridgehead atoms. The van der Waals surface area contributed by atoms with Gasteiger partial charge in [0.15, 0.2) is 0 Å². The van der Waals surface area contributed by atoms with Crippen LogP contribution in [-0.2, 0) is 6.54 Å². The van der Waals surface area contributed by atoms with Gasteiger partial charge in [0, 0.05) is 37.7 Å². The first kappa shape index (κ1) is 19.2. The van der Waals surface area contributed by atoms with Crippen molar-refractivity contribution in [2.24, 2.45) is 0 Å². The molecule has 1 aliphatic rings. The topological polar surface area (TPSA) is 52.7 Å². The first-order chi connectivity index (χ1) is 13.1. The molecule has 7 heteroatoms. The van der Waals surface area contributed by atoms with E-state index in [2.05, 4.69) is 5.32 Å². The lowest BCUT2D eigenvalue weighted by atomic mass is 10.2. The van der Waals surface area contributed by atoms with Crippen LogP contribution in [0.5, 0.6) is 0 Å². The molecular formula is C20H21ClFN3O2. The minimum atomic E-state index is -0.527. The van der Waals surface area contributed by atoms with Crippen LogP contribution in [-0.4, -0.2) is 47.9 Å². The van der Waals surface area contributed by atoms with Gasteiger partial charge in [-0.3, -0.25) is 4.79 Å². The Morgan fingerprint density at radius 1 is 0.963 bits per heavy atom. The number of hydrogen-bond donors (Lipinski definition) is 1. The summed E-state index contributed by atoms with van der Waals surface area (Å²) in [4.78, 5) is 28.3. The van der Waals surface area contributed by atoms with Gasteiger partial charge in [0.25, 0.3) is 5.91 Å². The van der Waals surface area contributed by atoms with Crippen LogP contribution in [0.4, 0.5) is 9.18 Å². The molecule has 5 nitrogen and oxygen atoms in total. The first-order valence-corrected chi connectivity index (χ1v) is 9.24. The van der Waals surface area contributed by atoms with Crippen molar-refractivity contribution in [1.29, 1.82) is 0 Å². The zero-order chi connectivity index (χ0) is 19.2. The first-order valence-electron chi connectivity index (χ1n) is 8.86. The van der Waals surface area contributed by atoms with Gasteiger partial charge in [-0.1, -0.05) is 41.9 Å². The van der Waals surface area contributed by atoms with Crippen LogP contribution in [0.2, 0.25) is 5.02 Å². The Morgan fingerprint density at radius 2 is 1.63 bits per heavy atom. The Morgan fingerprint density at radius 3 is 2.41 bits per heavy atom. The molecule has 0 aliphatic carbocycles. The lowest BCUT2D eigenvalue weighted by Crippen LogP contribution is -2.42. The molecule has 1 saturated heterocycles. The van der Waals surface area contributed by atoms with E-state index >= 15 is 0 Å². The molecule has 142 valence electrons. The summed E-state index contributed by atoms with van der Waals surface area (Å²) < 4.78 is 13.9. The average molecular weight is 390 g/mol. The van der Waals surface area contributed by atoms with Gasteiger partial charge in [0.1, 0.15) is 5.82 Å².